The molecule has 1 aromatic carbocycles. The predicted octanol–water partition coefficient (Wildman–Crippen LogP) is 0.397. The number of sulfonamides is 1. The predicted molar refractivity (Wildman–Crippen MR) is 71.6 cm³/mol. The maximum atomic E-state index is 11.9. The number of hydrogen-bond donors (Lipinski definition) is 1. The lowest BCUT2D eigenvalue weighted by Gasteiger charge is -2.17. The van der Waals surface area contributed by atoms with Crippen molar-refractivity contribution < 1.29 is 17.9 Å². The standard InChI is InChI=1S/C12H16N2O4S/c1-8-5-9(3-4-11(8)18-2)14-7-10(6-12(14)15)19(13,16)17/h3-5,10H,6-7H2,1-2H3,(H2,13,16,17). The number of carbonyl (C=O) groups is 1. The van der Waals surface area contributed by atoms with Crippen LogP contribution in [0.2, 0.25) is 0 Å². The molecule has 0 aromatic heterocycles. The van der Waals surface area contributed by atoms with E-state index in [9.17, 15) is 13.2 Å². The van der Waals surface area contributed by atoms with Crippen LogP contribution in [0.1, 0.15) is 12.0 Å². The largest absolute Gasteiger partial charge is 0.496 e. The van der Waals surface area contributed by atoms with Crippen molar-refractivity contribution in [2.45, 2.75) is 18.6 Å². The Balaban J connectivity index is 2.28. The molecular weight excluding hydrogens is 268 g/mol. The molecule has 1 aromatic rings. The van der Waals surface area contributed by atoms with Crippen LogP contribution in [0.4, 0.5) is 5.69 Å². The molecule has 0 aliphatic carbocycles. The van der Waals surface area contributed by atoms with Gasteiger partial charge in [-0.15, -0.1) is 0 Å². The number of nitrogens with two attached hydrogens (primary N) is 1. The lowest BCUT2D eigenvalue weighted by molar-refractivity contribution is -0.117. The molecule has 1 atom stereocenters. The molecule has 19 heavy (non-hydrogen) atoms. The first-order chi connectivity index (χ1) is 8.82. The van der Waals surface area contributed by atoms with E-state index in [1.807, 2.05) is 6.92 Å². The number of amides is 1. The molecule has 2 N–H and O–H groups in total. The molecule has 6 nitrogen and oxygen atoms in total. The molecule has 7 heteroatoms. The number of primary sulfonamides is 1. The van der Waals surface area contributed by atoms with E-state index in [4.69, 9.17) is 9.88 Å². The zero-order chi connectivity index (χ0) is 14.2. The number of hydrogen-bond acceptors (Lipinski definition) is 4. The highest BCUT2D eigenvalue weighted by atomic mass is 32.2. The fraction of sp³-hybridized carbons (Fsp3) is 0.417. The highest BCUT2D eigenvalue weighted by molar-refractivity contribution is 7.89. The number of nitrogens with zero attached hydrogens (tertiary/aromatic N) is 1. The smallest absolute Gasteiger partial charge is 0.228 e. The average Bonchev–Trinajstić information content (AvgIpc) is 2.71. The van der Waals surface area contributed by atoms with Crippen LogP contribution in [0.3, 0.4) is 0 Å². The van der Waals surface area contributed by atoms with Crippen molar-refractivity contribution in [3.63, 3.8) is 0 Å². The summed E-state index contributed by atoms with van der Waals surface area (Å²) in [7, 11) is -2.12. The molecule has 0 spiro atoms. The molecule has 1 amide bonds. The molecule has 1 heterocycles. The van der Waals surface area contributed by atoms with E-state index in [-0.39, 0.29) is 18.9 Å². The van der Waals surface area contributed by atoms with Crippen molar-refractivity contribution >= 4 is 21.6 Å². The van der Waals surface area contributed by atoms with Gasteiger partial charge in [0.1, 0.15) is 11.0 Å². The SMILES string of the molecule is COc1ccc(N2CC(S(N)(=O)=O)CC2=O)cc1C. The number of methoxy groups -OCH3 is 1. The Labute approximate surface area is 112 Å². The van der Waals surface area contributed by atoms with Crippen LogP contribution in [0.5, 0.6) is 5.75 Å². The van der Waals surface area contributed by atoms with Crippen LogP contribution >= 0.6 is 0 Å². The van der Waals surface area contributed by atoms with Crippen LogP contribution in [-0.2, 0) is 14.8 Å². The van der Waals surface area contributed by atoms with Crippen molar-refractivity contribution in [2.75, 3.05) is 18.6 Å². The maximum Gasteiger partial charge on any atom is 0.228 e. The molecular formula is C12H16N2O4S. The fourth-order valence-corrected chi connectivity index (χ4v) is 2.91. The van der Waals surface area contributed by atoms with E-state index >= 15 is 0 Å². The summed E-state index contributed by atoms with van der Waals surface area (Å²) in [6, 6.07) is 5.28. The molecule has 0 bridgehead atoms. The zero-order valence-electron chi connectivity index (χ0n) is 10.8. The Bertz CT molecular complexity index is 612. The number of ether oxygens (including phenoxy) is 1. The monoisotopic (exact) mass is 284 g/mol. The van der Waals surface area contributed by atoms with Gasteiger partial charge in [-0.3, -0.25) is 4.79 Å². The fourth-order valence-electron chi connectivity index (χ4n) is 2.17. The molecule has 1 fully saturated rings. The van der Waals surface area contributed by atoms with E-state index in [1.165, 1.54) is 4.90 Å². The number of carbonyl (C=O) groups excluding carboxylic acids is 1. The third kappa shape index (κ3) is 2.71. The summed E-state index contributed by atoms with van der Waals surface area (Å²) in [4.78, 5) is 13.3. The van der Waals surface area contributed by atoms with Crippen LogP contribution in [0.25, 0.3) is 0 Å². The van der Waals surface area contributed by atoms with E-state index in [1.54, 1.807) is 25.3 Å². The molecule has 0 saturated carbocycles. The third-order valence-corrected chi connectivity index (χ3v) is 4.49. The Morgan fingerprint density at radius 1 is 1.42 bits per heavy atom. The lowest BCUT2D eigenvalue weighted by atomic mass is 10.2. The summed E-state index contributed by atoms with van der Waals surface area (Å²) < 4.78 is 27.7. The highest BCUT2D eigenvalue weighted by Crippen LogP contribution is 2.28. The number of rotatable bonds is 3. The van der Waals surface area contributed by atoms with Gasteiger partial charge < -0.3 is 9.64 Å². The van der Waals surface area contributed by atoms with Gasteiger partial charge in [0, 0.05) is 18.7 Å². The summed E-state index contributed by atoms with van der Waals surface area (Å²) in [6.45, 7) is 1.96. The molecule has 2 rings (SSSR count). The minimum Gasteiger partial charge on any atom is -0.496 e. The van der Waals surface area contributed by atoms with Gasteiger partial charge in [-0.2, -0.15) is 0 Å². The first-order valence-electron chi connectivity index (χ1n) is 5.79. The second-order valence-corrected chi connectivity index (χ2v) is 6.42. The third-order valence-electron chi connectivity index (χ3n) is 3.24. The number of anilines is 1. The zero-order valence-corrected chi connectivity index (χ0v) is 11.6. The summed E-state index contributed by atoms with van der Waals surface area (Å²) in [5.74, 6) is 0.488. The van der Waals surface area contributed by atoms with Crippen molar-refractivity contribution in [3.05, 3.63) is 23.8 Å². The van der Waals surface area contributed by atoms with Crippen molar-refractivity contribution in [1.82, 2.24) is 0 Å². The average molecular weight is 284 g/mol. The second kappa shape index (κ2) is 4.82. The van der Waals surface area contributed by atoms with Crippen molar-refractivity contribution in [1.29, 1.82) is 0 Å². The highest BCUT2D eigenvalue weighted by Gasteiger charge is 2.37. The van der Waals surface area contributed by atoms with Gasteiger partial charge in [0.05, 0.1) is 7.11 Å². The topological polar surface area (TPSA) is 89.7 Å². The van der Waals surface area contributed by atoms with Gasteiger partial charge in [0.25, 0.3) is 0 Å². The van der Waals surface area contributed by atoms with Gasteiger partial charge in [-0.25, -0.2) is 13.6 Å². The quantitative estimate of drug-likeness (QED) is 0.869. The summed E-state index contributed by atoms with van der Waals surface area (Å²) >= 11 is 0. The Morgan fingerprint density at radius 3 is 2.58 bits per heavy atom. The van der Waals surface area contributed by atoms with Crippen LogP contribution < -0.4 is 14.8 Å². The normalized spacial score (nSPS) is 19.8. The van der Waals surface area contributed by atoms with Crippen LogP contribution in [0, 0.1) is 6.92 Å². The van der Waals surface area contributed by atoms with Crippen LogP contribution in [-0.4, -0.2) is 33.2 Å². The maximum absolute atomic E-state index is 11.9. The van der Waals surface area contributed by atoms with Crippen LogP contribution in [0.15, 0.2) is 18.2 Å². The summed E-state index contributed by atoms with van der Waals surface area (Å²) in [6.07, 6.45) is -0.0656. The second-order valence-electron chi connectivity index (χ2n) is 4.57. The van der Waals surface area contributed by atoms with E-state index in [0.717, 1.165) is 11.3 Å². The number of benzene rings is 1. The van der Waals surface area contributed by atoms with E-state index < -0.39 is 15.3 Å². The lowest BCUT2D eigenvalue weighted by Crippen LogP contribution is -2.32. The van der Waals surface area contributed by atoms with Crippen molar-refractivity contribution in [3.8, 4) is 5.75 Å². The van der Waals surface area contributed by atoms with E-state index in [2.05, 4.69) is 0 Å². The molecule has 1 aliphatic heterocycles. The first kappa shape index (κ1) is 13.8. The Morgan fingerprint density at radius 2 is 2.11 bits per heavy atom. The molecule has 0 radical (unpaired) electrons. The molecule has 104 valence electrons. The molecule has 1 saturated heterocycles. The van der Waals surface area contributed by atoms with Crippen molar-refractivity contribution in [2.24, 2.45) is 5.14 Å². The van der Waals surface area contributed by atoms with Gasteiger partial charge in [0.15, 0.2) is 0 Å². The molecule has 1 unspecified atom stereocenters. The van der Waals surface area contributed by atoms with E-state index in [0.29, 0.717) is 5.69 Å². The summed E-state index contributed by atoms with van der Waals surface area (Å²) in [5, 5.41) is 4.26. The Kier molecular flexibility index (Phi) is 3.51. The van der Waals surface area contributed by atoms with Gasteiger partial charge in [-0.1, -0.05) is 0 Å². The Hall–Kier alpha value is -1.60. The summed E-state index contributed by atoms with van der Waals surface area (Å²) in [5.41, 5.74) is 1.54. The number of aryl methyl sites for hydroxylation is 1. The van der Waals surface area contributed by atoms with Gasteiger partial charge in [0.2, 0.25) is 15.9 Å². The van der Waals surface area contributed by atoms with Gasteiger partial charge in [-0.05, 0) is 30.7 Å². The van der Waals surface area contributed by atoms with Gasteiger partial charge >= 0.3 is 0 Å². The molecule has 1 aliphatic rings. The minimum absolute atomic E-state index is 0.0656. The first-order valence-corrected chi connectivity index (χ1v) is 7.40. The minimum atomic E-state index is -3.69.